The fraction of sp³-hybridized carbons (Fsp3) is 0.615. The minimum Gasteiger partial charge on any atom is -0.307 e. The molecule has 1 unspecified atom stereocenters. The Labute approximate surface area is 132 Å². The summed E-state index contributed by atoms with van der Waals surface area (Å²) < 4.78 is 7.21. The van der Waals surface area contributed by atoms with Gasteiger partial charge in [0.2, 0.25) is 0 Å². The van der Waals surface area contributed by atoms with Crippen LogP contribution in [0.4, 0.5) is 0 Å². The van der Waals surface area contributed by atoms with Crippen LogP contribution in [0.15, 0.2) is 10.7 Å². The summed E-state index contributed by atoms with van der Waals surface area (Å²) in [5.41, 5.74) is 2.20. The summed E-state index contributed by atoms with van der Waals surface area (Å²) in [5.74, 6) is 0.362. The molecule has 1 N–H and O–H groups in total. The van der Waals surface area contributed by atoms with Crippen molar-refractivity contribution in [3.63, 3.8) is 0 Å². The molecule has 0 aliphatic rings. The smallest absolute Gasteiger partial charge is 0.0886 e. The summed E-state index contributed by atoms with van der Waals surface area (Å²) >= 11 is 5.07. The van der Waals surface area contributed by atoms with Gasteiger partial charge in [0.25, 0.3) is 0 Å². The lowest BCUT2D eigenvalue weighted by molar-refractivity contribution is 0.533. The van der Waals surface area contributed by atoms with Crippen molar-refractivity contribution in [2.45, 2.75) is 45.7 Å². The van der Waals surface area contributed by atoms with Gasteiger partial charge in [-0.2, -0.15) is 5.10 Å². The van der Waals surface area contributed by atoms with Crippen molar-refractivity contribution in [1.29, 1.82) is 0 Å². The molecule has 7 heteroatoms. The number of rotatable bonds is 6. The topological polar surface area (TPSA) is 55.6 Å². The van der Waals surface area contributed by atoms with Crippen LogP contribution in [-0.4, -0.2) is 26.4 Å². The Balaban J connectivity index is 2.47. The second-order valence-electron chi connectivity index (χ2n) is 5.00. The summed E-state index contributed by atoms with van der Waals surface area (Å²) in [7, 11) is 1.96. The first-order valence-electron chi connectivity index (χ1n) is 6.80. The molecule has 0 bridgehead atoms. The normalized spacial score (nSPS) is 13.1. The van der Waals surface area contributed by atoms with Gasteiger partial charge in [0.1, 0.15) is 0 Å². The molecular weight excluding hydrogens is 338 g/mol. The molecule has 1 atom stereocenters. The monoisotopic (exact) mass is 357 g/mol. The first-order chi connectivity index (χ1) is 9.60. The summed E-state index contributed by atoms with van der Waals surface area (Å²) in [4.78, 5) is 1.17. The highest BCUT2D eigenvalue weighted by atomic mass is 79.9. The molecule has 0 aliphatic heterocycles. The molecule has 110 valence electrons. The van der Waals surface area contributed by atoms with E-state index >= 15 is 0 Å². The molecule has 0 amide bonds. The third kappa shape index (κ3) is 2.94. The molecule has 0 radical (unpaired) electrons. The quantitative estimate of drug-likeness (QED) is 0.861. The Morgan fingerprint density at radius 3 is 2.80 bits per heavy atom. The highest BCUT2D eigenvalue weighted by Gasteiger charge is 2.26. The molecule has 2 rings (SSSR count). The Kier molecular flexibility index (Phi) is 5.29. The lowest BCUT2D eigenvalue weighted by Crippen LogP contribution is -2.22. The third-order valence-electron chi connectivity index (χ3n) is 3.18. The standard InChI is InChI=1S/C13H20BrN5S/c1-5-6-19-12(9(14)7-16-19)11(15-4)13-10(8(2)3)17-18-20-13/h7-8,11,15H,5-6H2,1-4H3. The lowest BCUT2D eigenvalue weighted by atomic mass is 10.0. The third-order valence-corrected chi connectivity index (χ3v) is 4.60. The zero-order valence-corrected chi connectivity index (χ0v) is 14.6. The van der Waals surface area contributed by atoms with Crippen molar-refractivity contribution in [2.24, 2.45) is 0 Å². The molecule has 2 aromatic rings. The molecule has 0 saturated heterocycles. The van der Waals surface area contributed by atoms with Crippen LogP contribution < -0.4 is 5.32 Å². The Morgan fingerprint density at radius 2 is 2.20 bits per heavy atom. The number of hydrogen-bond donors (Lipinski definition) is 1. The van der Waals surface area contributed by atoms with Crippen LogP contribution in [0.25, 0.3) is 0 Å². The van der Waals surface area contributed by atoms with E-state index in [0.29, 0.717) is 5.92 Å². The first kappa shape index (κ1) is 15.6. The molecule has 0 aliphatic carbocycles. The van der Waals surface area contributed by atoms with E-state index < -0.39 is 0 Å². The van der Waals surface area contributed by atoms with Crippen molar-refractivity contribution in [2.75, 3.05) is 7.05 Å². The first-order valence-corrected chi connectivity index (χ1v) is 8.37. The Bertz CT molecular complexity index is 563. The van der Waals surface area contributed by atoms with Gasteiger partial charge in [-0.05, 0) is 46.8 Å². The molecule has 2 aromatic heterocycles. The van der Waals surface area contributed by atoms with E-state index in [4.69, 9.17) is 0 Å². The Morgan fingerprint density at radius 1 is 1.45 bits per heavy atom. The summed E-state index contributed by atoms with van der Waals surface area (Å²) in [5, 5.41) is 12.1. The zero-order chi connectivity index (χ0) is 14.7. The average molecular weight is 358 g/mol. The van der Waals surface area contributed by atoms with Gasteiger partial charge in [-0.1, -0.05) is 25.3 Å². The predicted octanol–water partition coefficient (Wildman–Crippen LogP) is 3.34. The number of hydrogen-bond acceptors (Lipinski definition) is 5. The van der Waals surface area contributed by atoms with E-state index in [0.717, 1.165) is 28.8 Å². The molecule has 5 nitrogen and oxygen atoms in total. The van der Waals surface area contributed by atoms with Gasteiger partial charge in [-0.25, -0.2) is 0 Å². The van der Waals surface area contributed by atoms with Gasteiger partial charge in [-0.3, -0.25) is 4.68 Å². The van der Waals surface area contributed by atoms with E-state index in [1.54, 1.807) is 0 Å². The molecule has 20 heavy (non-hydrogen) atoms. The molecule has 0 spiro atoms. The van der Waals surface area contributed by atoms with Crippen molar-refractivity contribution < 1.29 is 0 Å². The van der Waals surface area contributed by atoms with E-state index in [9.17, 15) is 0 Å². The maximum Gasteiger partial charge on any atom is 0.0886 e. The average Bonchev–Trinajstić information content (AvgIpc) is 3.01. The molecule has 0 aromatic carbocycles. The van der Waals surface area contributed by atoms with E-state index in [1.165, 1.54) is 16.4 Å². The van der Waals surface area contributed by atoms with Crippen LogP contribution in [0.1, 0.15) is 55.4 Å². The molecule has 2 heterocycles. The minimum absolute atomic E-state index is 0.0656. The molecule has 0 saturated carbocycles. The second kappa shape index (κ2) is 6.78. The SMILES string of the molecule is CCCn1ncc(Br)c1C(NC)c1snnc1C(C)C. The highest BCUT2D eigenvalue weighted by Crippen LogP contribution is 2.34. The second-order valence-corrected chi connectivity index (χ2v) is 6.64. The van der Waals surface area contributed by atoms with Crippen LogP contribution in [0, 0.1) is 0 Å². The number of halogens is 1. The maximum atomic E-state index is 4.45. The lowest BCUT2D eigenvalue weighted by Gasteiger charge is -2.18. The van der Waals surface area contributed by atoms with Crippen molar-refractivity contribution >= 4 is 27.5 Å². The van der Waals surface area contributed by atoms with Gasteiger partial charge >= 0.3 is 0 Å². The van der Waals surface area contributed by atoms with Crippen molar-refractivity contribution in [1.82, 2.24) is 24.7 Å². The van der Waals surface area contributed by atoms with E-state index in [1.807, 2.05) is 13.2 Å². The summed E-state index contributed by atoms with van der Waals surface area (Å²) in [6.45, 7) is 7.35. The Hall–Kier alpha value is -0.790. The molecular formula is C13H20BrN5S. The largest absolute Gasteiger partial charge is 0.307 e. The minimum atomic E-state index is 0.0656. The summed E-state index contributed by atoms with van der Waals surface area (Å²) in [6.07, 6.45) is 2.91. The van der Waals surface area contributed by atoms with Crippen LogP contribution in [0.5, 0.6) is 0 Å². The van der Waals surface area contributed by atoms with Gasteiger partial charge < -0.3 is 5.32 Å². The van der Waals surface area contributed by atoms with Gasteiger partial charge in [0.05, 0.1) is 33.0 Å². The van der Waals surface area contributed by atoms with Gasteiger partial charge in [0, 0.05) is 6.54 Å². The van der Waals surface area contributed by atoms with E-state index in [-0.39, 0.29) is 6.04 Å². The van der Waals surface area contributed by atoms with Crippen LogP contribution >= 0.6 is 27.5 Å². The number of nitrogens with zero attached hydrogens (tertiary/aromatic N) is 4. The number of nitrogens with one attached hydrogen (secondary N) is 1. The fourth-order valence-corrected chi connectivity index (χ4v) is 3.69. The molecule has 0 fully saturated rings. The van der Waals surface area contributed by atoms with Crippen molar-refractivity contribution in [3.05, 3.63) is 26.9 Å². The van der Waals surface area contributed by atoms with E-state index in [2.05, 4.69) is 61.4 Å². The number of aromatic nitrogens is 4. The highest BCUT2D eigenvalue weighted by molar-refractivity contribution is 9.10. The van der Waals surface area contributed by atoms with Crippen LogP contribution in [-0.2, 0) is 6.54 Å². The van der Waals surface area contributed by atoms with Crippen molar-refractivity contribution in [3.8, 4) is 0 Å². The van der Waals surface area contributed by atoms with Crippen LogP contribution in [0.3, 0.4) is 0 Å². The zero-order valence-electron chi connectivity index (χ0n) is 12.2. The number of aryl methyl sites for hydroxylation is 1. The van der Waals surface area contributed by atoms with Gasteiger partial charge in [-0.15, -0.1) is 5.10 Å². The summed E-state index contributed by atoms with van der Waals surface area (Å²) in [6, 6.07) is 0.0656. The van der Waals surface area contributed by atoms with Crippen LogP contribution in [0.2, 0.25) is 0 Å². The fourth-order valence-electron chi connectivity index (χ4n) is 2.25. The van der Waals surface area contributed by atoms with Gasteiger partial charge in [0.15, 0.2) is 0 Å². The predicted molar refractivity (Wildman–Crippen MR) is 85.1 cm³/mol. The maximum absolute atomic E-state index is 4.45.